The fraction of sp³-hybridized carbons (Fsp3) is 0.846. The van der Waals surface area contributed by atoms with Crippen molar-refractivity contribution in [3.05, 3.63) is 0 Å². The van der Waals surface area contributed by atoms with Crippen molar-refractivity contribution in [2.75, 3.05) is 39.5 Å². The van der Waals surface area contributed by atoms with Crippen LogP contribution < -0.4 is 5.32 Å². The van der Waals surface area contributed by atoms with Gasteiger partial charge in [0, 0.05) is 13.1 Å². The number of hydrogen-bond donors (Lipinski definition) is 2. The standard InChI is InChI=1S/C13H22N2O5/c1-2-4-15(11-8-20-6-9(11)13(17)18)12(16)10-7-19-5-3-14-10/h9-11,14H,2-8H2,1H3,(H,17,18). The second-order valence-corrected chi connectivity index (χ2v) is 5.16. The molecule has 1 amide bonds. The number of carbonyl (C=O) groups excluding carboxylic acids is 1. The molecule has 114 valence electrons. The summed E-state index contributed by atoms with van der Waals surface area (Å²) in [5.41, 5.74) is 0. The van der Waals surface area contributed by atoms with E-state index in [1.54, 1.807) is 4.90 Å². The van der Waals surface area contributed by atoms with E-state index < -0.39 is 11.9 Å². The third-order valence-corrected chi connectivity index (χ3v) is 3.74. The minimum atomic E-state index is -0.908. The molecule has 0 bridgehead atoms. The summed E-state index contributed by atoms with van der Waals surface area (Å²) in [5, 5.41) is 12.4. The van der Waals surface area contributed by atoms with Gasteiger partial charge in [0.2, 0.25) is 5.91 Å². The summed E-state index contributed by atoms with van der Waals surface area (Å²) in [5.74, 6) is -1.64. The van der Waals surface area contributed by atoms with Crippen molar-refractivity contribution in [2.24, 2.45) is 5.92 Å². The highest BCUT2D eigenvalue weighted by atomic mass is 16.5. The van der Waals surface area contributed by atoms with Gasteiger partial charge < -0.3 is 24.8 Å². The molecule has 2 N–H and O–H groups in total. The van der Waals surface area contributed by atoms with E-state index in [-0.39, 0.29) is 31.2 Å². The summed E-state index contributed by atoms with van der Waals surface area (Å²) in [7, 11) is 0. The van der Waals surface area contributed by atoms with Crippen LogP contribution >= 0.6 is 0 Å². The Morgan fingerprint density at radius 1 is 1.30 bits per heavy atom. The number of carbonyl (C=O) groups is 2. The molecule has 2 fully saturated rings. The largest absolute Gasteiger partial charge is 0.481 e. The summed E-state index contributed by atoms with van der Waals surface area (Å²) in [6, 6.07) is -0.769. The fourth-order valence-electron chi connectivity index (χ4n) is 2.69. The Hall–Kier alpha value is -1.18. The average molecular weight is 286 g/mol. The molecule has 0 aromatic heterocycles. The molecule has 3 atom stereocenters. The molecule has 7 heteroatoms. The first-order valence-corrected chi connectivity index (χ1v) is 7.07. The van der Waals surface area contributed by atoms with E-state index in [0.717, 1.165) is 6.42 Å². The number of amides is 1. The summed E-state index contributed by atoms with van der Waals surface area (Å²) >= 11 is 0. The maximum Gasteiger partial charge on any atom is 0.311 e. The minimum Gasteiger partial charge on any atom is -0.481 e. The zero-order chi connectivity index (χ0) is 14.5. The molecule has 0 spiro atoms. The van der Waals surface area contributed by atoms with Crippen LogP contribution in [0.5, 0.6) is 0 Å². The predicted octanol–water partition coefficient (Wildman–Crippen LogP) is -0.687. The summed E-state index contributed by atoms with van der Waals surface area (Å²) in [6.07, 6.45) is 0.780. The van der Waals surface area contributed by atoms with Gasteiger partial charge in [-0.15, -0.1) is 0 Å². The van der Waals surface area contributed by atoms with Gasteiger partial charge >= 0.3 is 5.97 Å². The van der Waals surface area contributed by atoms with E-state index in [2.05, 4.69) is 5.32 Å². The minimum absolute atomic E-state index is 0.0895. The number of carboxylic acid groups (broad SMARTS) is 1. The molecule has 3 unspecified atom stereocenters. The van der Waals surface area contributed by atoms with Crippen molar-refractivity contribution >= 4 is 11.9 Å². The number of nitrogens with one attached hydrogen (secondary N) is 1. The number of ether oxygens (including phenoxy) is 2. The van der Waals surface area contributed by atoms with Crippen molar-refractivity contribution in [1.82, 2.24) is 10.2 Å². The highest BCUT2D eigenvalue weighted by Crippen LogP contribution is 2.21. The van der Waals surface area contributed by atoms with Gasteiger partial charge in [0.1, 0.15) is 12.0 Å². The Kier molecular flexibility index (Phi) is 5.33. The first kappa shape index (κ1) is 15.2. The number of carboxylic acids is 1. The zero-order valence-electron chi connectivity index (χ0n) is 11.7. The molecular weight excluding hydrogens is 264 g/mol. The van der Waals surface area contributed by atoms with E-state index in [0.29, 0.717) is 26.3 Å². The fourth-order valence-corrected chi connectivity index (χ4v) is 2.69. The van der Waals surface area contributed by atoms with Crippen LogP contribution in [0.4, 0.5) is 0 Å². The van der Waals surface area contributed by atoms with Crippen LogP contribution in [-0.4, -0.2) is 73.5 Å². The average Bonchev–Trinajstić information content (AvgIpc) is 2.94. The molecule has 0 radical (unpaired) electrons. The maximum absolute atomic E-state index is 12.6. The van der Waals surface area contributed by atoms with Crippen LogP contribution in [0.2, 0.25) is 0 Å². The second kappa shape index (κ2) is 7.01. The van der Waals surface area contributed by atoms with Crippen molar-refractivity contribution in [2.45, 2.75) is 25.4 Å². The topological polar surface area (TPSA) is 88.1 Å². The van der Waals surface area contributed by atoms with E-state index >= 15 is 0 Å². The number of aliphatic carboxylic acids is 1. The molecule has 2 aliphatic heterocycles. The van der Waals surface area contributed by atoms with Crippen LogP contribution in [0.15, 0.2) is 0 Å². The van der Waals surface area contributed by atoms with Crippen molar-refractivity contribution in [3.63, 3.8) is 0 Å². The Morgan fingerprint density at radius 3 is 2.70 bits per heavy atom. The molecule has 2 rings (SSSR count). The third-order valence-electron chi connectivity index (χ3n) is 3.74. The van der Waals surface area contributed by atoms with Gasteiger partial charge in [-0.05, 0) is 6.42 Å². The highest BCUT2D eigenvalue weighted by Gasteiger charge is 2.41. The van der Waals surface area contributed by atoms with Gasteiger partial charge in [-0.25, -0.2) is 0 Å². The Balaban J connectivity index is 2.08. The molecule has 0 saturated carbocycles. The van der Waals surface area contributed by atoms with Crippen molar-refractivity contribution in [1.29, 1.82) is 0 Å². The third kappa shape index (κ3) is 3.28. The lowest BCUT2D eigenvalue weighted by atomic mass is 10.0. The van der Waals surface area contributed by atoms with Gasteiger partial charge in [-0.2, -0.15) is 0 Å². The van der Waals surface area contributed by atoms with E-state index in [1.165, 1.54) is 0 Å². The molecule has 0 aliphatic carbocycles. The Labute approximate surface area is 118 Å². The maximum atomic E-state index is 12.6. The van der Waals surface area contributed by atoms with E-state index in [4.69, 9.17) is 9.47 Å². The number of rotatable bonds is 5. The monoisotopic (exact) mass is 286 g/mol. The van der Waals surface area contributed by atoms with Gasteiger partial charge in [0.05, 0.1) is 32.5 Å². The molecule has 0 aromatic carbocycles. The molecule has 7 nitrogen and oxygen atoms in total. The van der Waals surface area contributed by atoms with Gasteiger partial charge in [0.25, 0.3) is 0 Å². The summed E-state index contributed by atoms with van der Waals surface area (Å²) < 4.78 is 10.6. The van der Waals surface area contributed by atoms with Crippen LogP contribution in [0, 0.1) is 5.92 Å². The molecule has 0 aromatic rings. The van der Waals surface area contributed by atoms with Crippen molar-refractivity contribution < 1.29 is 24.2 Å². The second-order valence-electron chi connectivity index (χ2n) is 5.16. The Morgan fingerprint density at radius 2 is 2.10 bits per heavy atom. The number of nitrogens with zero attached hydrogens (tertiary/aromatic N) is 1. The first-order valence-electron chi connectivity index (χ1n) is 7.07. The van der Waals surface area contributed by atoms with Gasteiger partial charge in [0.15, 0.2) is 0 Å². The number of morpholine rings is 1. The van der Waals surface area contributed by atoms with Gasteiger partial charge in [-0.3, -0.25) is 9.59 Å². The molecule has 2 heterocycles. The normalized spacial score (nSPS) is 30.1. The molecule has 2 aliphatic rings. The molecule has 20 heavy (non-hydrogen) atoms. The zero-order valence-corrected chi connectivity index (χ0v) is 11.7. The lowest BCUT2D eigenvalue weighted by Gasteiger charge is -2.34. The highest BCUT2D eigenvalue weighted by molar-refractivity contribution is 5.83. The first-order chi connectivity index (χ1) is 9.65. The van der Waals surface area contributed by atoms with Crippen LogP contribution in [0.3, 0.4) is 0 Å². The summed E-state index contributed by atoms with van der Waals surface area (Å²) in [6.45, 7) is 4.54. The Bertz CT molecular complexity index is 357. The quantitative estimate of drug-likeness (QED) is 0.696. The van der Waals surface area contributed by atoms with E-state index in [1.807, 2.05) is 6.92 Å². The SMILES string of the molecule is CCCN(C(=O)C1COCCN1)C1COCC1C(=O)O. The van der Waals surface area contributed by atoms with Gasteiger partial charge in [-0.1, -0.05) is 6.92 Å². The predicted molar refractivity (Wildman–Crippen MR) is 70.3 cm³/mol. The number of hydrogen-bond acceptors (Lipinski definition) is 5. The smallest absolute Gasteiger partial charge is 0.311 e. The summed E-state index contributed by atoms with van der Waals surface area (Å²) in [4.78, 5) is 25.5. The van der Waals surface area contributed by atoms with E-state index in [9.17, 15) is 14.7 Å². The molecule has 2 saturated heterocycles. The van der Waals surface area contributed by atoms with Crippen LogP contribution in [0.1, 0.15) is 13.3 Å². The van der Waals surface area contributed by atoms with Crippen molar-refractivity contribution in [3.8, 4) is 0 Å². The van der Waals surface area contributed by atoms with Crippen LogP contribution in [0.25, 0.3) is 0 Å². The lowest BCUT2D eigenvalue weighted by Crippen LogP contribution is -2.57. The molecular formula is C13H22N2O5. The van der Waals surface area contributed by atoms with Crippen LogP contribution in [-0.2, 0) is 19.1 Å². The lowest BCUT2D eigenvalue weighted by molar-refractivity contribution is -0.146.